The Hall–Kier alpha value is -1.67. The first-order chi connectivity index (χ1) is 11.6. The Morgan fingerprint density at radius 2 is 1.56 bits per heavy atom. The molecule has 25 heavy (non-hydrogen) atoms. The van der Waals surface area contributed by atoms with E-state index in [0.29, 0.717) is 31.2 Å². The maximum atomic E-state index is 13.3. The molecule has 0 atom stereocenters. The summed E-state index contributed by atoms with van der Waals surface area (Å²) in [6.07, 6.45) is 0. The third-order valence-electron chi connectivity index (χ3n) is 3.70. The average molecular weight is 457 g/mol. The van der Waals surface area contributed by atoms with Gasteiger partial charge in [0.25, 0.3) is 0 Å². The van der Waals surface area contributed by atoms with E-state index in [2.05, 4.69) is 39.9 Å². The van der Waals surface area contributed by atoms with E-state index in [-0.39, 0.29) is 29.8 Å². The quantitative estimate of drug-likeness (QED) is 0.395. The van der Waals surface area contributed by atoms with Crippen LogP contribution in [0.3, 0.4) is 0 Å². The van der Waals surface area contributed by atoms with Crippen molar-refractivity contribution < 1.29 is 9.13 Å². The minimum absolute atomic E-state index is 0. The Labute approximate surface area is 165 Å². The zero-order valence-electron chi connectivity index (χ0n) is 14.8. The number of benzene rings is 2. The average Bonchev–Trinajstić information content (AvgIpc) is 2.59. The molecule has 0 amide bonds. The molecule has 0 spiro atoms. The molecule has 0 aliphatic rings. The summed E-state index contributed by atoms with van der Waals surface area (Å²) in [5.74, 6) is 0.524. The normalized spacial score (nSPS) is 11.0. The van der Waals surface area contributed by atoms with Gasteiger partial charge in [0.05, 0.1) is 6.61 Å². The summed E-state index contributed by atoms with van der Waals surface area (Å²) in [4.78, 5) is 4.21. The highest BCUT2D eigenvalue weighted by Crippen LogP contribution is 2.09. The van der Waals surface area contributed by atoms with Crippen LogP contribution in [0.15, 0.2) is 47.5 Å². The highest BCUT2D eigenvalue weighted by atomic mass is 127. The molecule has 0 radical (unpaired) electrons. The third-order valence-corrected chi connectivity index (χ3v) is 3.70. The highest BCUT2D eigenvalue weighted by Gasteiger charge is 2.02. The second-order valence-corrected chi connectivity index (χ2v) is 5.61. The molecule has 2 aromatic rings. The first kappa shape index (κ1) is 21.4. The topological polar surface area (TPSA) is 45.7 Å². The first-order valence-electron chi connectivity index (χ1n) is 7.88. The van der Waals surface area contributed by atoms with Crippen LogP contribution in [0.5, 0.6) is 0 Å². The van der Waals surface area contributed by atoms with E-state index in [1.807, 2.05) is 6.07 Å². The molecule has 0 heterocycles. The number of aliphatic imine (C=N–C) groups is 1. The highest BCUT2D eigenvalue weighted by molar-refractivity contribution is 14.0. The van der Waals surface area contributed by atoms with Gasteiger partial charge in [0, 0.05) is 27.2 Å². The summed E-state index contributed by atoms with van der Waals surface area (Å²) >= 11 is 0. The lowest BCUT2D eigenvalue weighted by Crippen LogP contribution is -2.36. The van der Waals surface area contributed by atoms with E-state index in [1.54, 1.807) is 27.1 Å². The SMILES string of the molecule is CN=C(NCc1ccc(COC)cc1)NCc1ccc(F)c(C)c1.I. The summed E-state index contributed by atoms with van der Waals surface area (Å²) in [5, 5.41) is 6.50. The Balaban J connectivity index is 0.00000312. The number of nitrogens with zero attached hydrogens (tertiary/aromatic N) is 1. The van der Waals surface area contributed by atoms with Crippen molar-refractivity contribution in [2.75, 3.05) is 14.2 Å². The van der Waals surface area contributed by atoms with E-state index >= 15 is 0 Å². The lowest BCUT2D eigenvalue weighted by atomic mass is 10.1. The maximum absolute atomic E-state index is 13.3. The summed E-state index contributed by atoms with van der Waals surface area (Å²) in [5.41, 5.74) is 3.97. The molecule has 0 fully saturated rings. The molecule has 136 valence electrons. The van der Waals surface area contributed by atoms with Gasteiger partial charge in [-0.15, -0.1) is 24.0 Å². The van der Waals surface area contributed by atoms with Gasteiger partial charge in [-0.2, -0.15) is 0 Å². The van der Waals surface area contributed by atoms with Gasteiger partial charge in [-0.05, 0) is 35.2 Å². The molecule has 0 saturated heterocycles. The minimum atomic E-state index is -0.182. The number of ether oxygens (including phenoxy) is 1. The largest absolute Gasteiger partial charge is 0.380 e. The van der Waals surface area contributed by atoms with E-state index in [9.17, 15) is 4.39 Å². The van der Waals surface area contributed by atoms with Crippen LogP contribution in [-0.2, 0) is 24.4 Å². The summed E-state index contributed by atoms with van der Waals surface area (Å²) in [7, 11) is 3.42. The monoisotopic (exact) mass is 457 g/mol. The van der Waals surface area contributed by atoms with E-state index < -0.39 is 0 Å². The maximum Gasteiger partial charge on any atom is 0.191 e. The molecule has 0 aliphatic heterocycles. The molecule has 0 aliphatic carbocycles. The molecule has 0 saturated carbocycles. The fourth-order valence-corrected chi connectivity index (χ4v) is 2.33. The van der Waals surface area contributed by atoms with Crippen LogP contribution in [0.2, 0.25) is 0 Å². The van der Waals surface area contributed by atoms with Crippen molar-refractivity contribution in [1.82, 2.24) is 10.6 Å². The van der Waals surface area contributed by atoms with Crippen molar-refractivity contribution in [3.63, 3.8) is 0 Å². The van der Waals surface area contributed by atoms with Gasteiger partial charge in [0.1, 0.15) is 5.82 Å². The minimum Gasteiger partial charge on any atom is -0.380 e. The smallest absolute Gasteiger partial charge is 0.191 e. The van der Waals surface area contributed by atoms with E-state index in [1.165, 1.54) is 6.07 Å². The first-order valence-corrected chi connectivity index (χ1v) is 7.88. The van der Waals surface area contributed by atoms with Gasteiger partial charge in [-0.25, -0.2) is 4.39 Å². The summed E-state index contributed by atoms with van der Waals surface area (Å²) in [6.45, 7) is 3.65. The lowest BCUT2D eigenvalue weighted by molar-refractivity contribution is 0.185. The Morgan fingerprint density at radius 3 is 2.12 bits per heavy atom. The number of nitrogens with one attached hydrogen (secondary N) is 2. The lowest BCUT2D eigenvalue weighted by Gasteiger charge is -2.13. The Bertz CT molecular complexity index is 690. The zero-order valence-corrected chi connectivity index (χ0v) is 17.1. The van der Waals surface area contributed by atoms with Crippen molar-refractivity contribution in [3.05, 3.63) is 70.5 Å². The summed E-state index contributed by atoms with van der Waals surface area (Å²) in [6, 6.07) is 13.3. The van der Waals surface area contributed by atoms with Gasteiger partial charge in [-0.1, -0.05) is 36.4 Å². The van der Waals surface area contributed by atoms with E-state index in [0.717, 1.165) is 16.7 Å². The van der Waals surface area contributed by atoms with Crippen LogP contribution in [-0.4, -0.2) is 20.1 Å². The molecule has 2 N–H and O–H groups in total. The van der Waals surface area contributed by atoms with Crippen molar-refractivity contribution in [1.29, 1.82) is 0 Å². The number of hydrogen-bond acceptors (Lipinski definition) is 2. The van der Waals surface area contributed by atoms with Gasteiger partial charge < -0.3 is 15.4 Å². The predicted molar refractivity (Wildman–Crippen MR) is 111 cm³/mol. The third kappa shape index (κ3) is 6.99. The molecule has 0 unspecified atom stereocenters. The van der Waals surface area contributed by atoms with Gasteiger partial charge in [-0.3, -0.25) is 4.99 Å². The van der Waals surface area contributed by atoms with Crippen LogP contribution >= 0.6 is 24.0 Å². The molecule has 2 rings (SSSR count). The predicted octanol–water partition coefficient (Wildman–Crippen LogP) is 3.76. The number of guanidine groups is 1. The second-order valence-electron chi connectivity index (χ2n) is 5.61. The van der Waals surface area contributed by atoms with Crippen molar-refractivity contribution in [3.8, 4) is 0 Å². The molecule has 6 heteroatoms. The fraction of sp³-hybridized carbons (Fsp3) is 0.316. The number of methoxy groups -OCH3 is 1. The van der Waals surface area contributed by atoms with E-state index in [4.69, 9.17) is 4.74 Å². The molecule has 0 aromatic heterocycles. The Kier molecular flexibility index (Phi) is 9.44. The number of halogens is 2. The van der Waals surface area contributed by atoms with Crippen LogP contribution in [0.25, 0.3) is 0 Å². The molecule has 2 aromatic carbocycles. The number of rotatable bonds is 6. The molecule has 4 nitrogen and oxygen atoms in total. The standard InChI is InChI=1S/C19H24FN3O.HI/c1-14-10-17(8-9-18(14)20)12-23-19(21-2)22-11-15-4-6-16(7-5-15)13-24-3;/h4-10H,11-13H2,1-3H3,(H2,21,22,23);1H. The molecular weight excluding hydrogens is 432 g/mol. The van der Waals surface area contributed by atoms with Crippen molar-refractivity contribution in [2.24, 2.45) is 4.99 Å². The van der Waals surface area contributed by atoms with Crippen LogP contribution < -0.4 is 10.6 Å². The van der Waals surface area contributed by atoms with Gasteiger partial charge >= 0.3 is 0 Å². The van der Waals surface area contributed by atoms with Crippen LogP contribution in [0, 0.1) is 12.7 Å². The van der Waals surface area contributed by atoms with Crippen molar-refractivity contribution >= 4 is 29.9 Å². The molecule has 0 bridgehead atoms. The zero-order chi connectivity index (χ0) is 17.4. The number of aryl methyl sites for hydroxylation is 1. The number of hydrogen-bond donors (Lipinski definition) is 2. The van der Waals surface area contributed by atoms with Crippen LogP contribution in [0.1, 0.15) is 22.3 Å². The van der Waals surface area contributed by atoms with Gasteiger partial charge in [0.2, 0.25) is 0 Å². The molecular formula is C19H25FIN3O. The second kappa shape index (κ2) is 11.0. The fourth-order valence-electron chi connectivity index (χ4n) is 2.33. The summed E-state index contributed by atoms with van der Waals surface area (Å²) < 4.78 is 18.4. The Morgan fingerprint density at radius 1 is 1.00 bits per heavy atom. The van der Waals surface area contributed by atoms with Crippen molar-refractivity contribution in [2.45, 2.75) is 26.6 Å². The van der Waals surface area contributed by atoms with Crippen LogP contribution in [0.4, 0.5) is 4.39 Å². The van der Waals surface area contributed by atoms with Gasteiger partial charge in [0.15, 0.2) is 5.96 Å².